The first-order valence-corrected chi connectivity index (χ1v) is 9.93. The van der Waals surface area contributed by atoms with E-state index in [0.29, 0.717) is 18.8 Å². The second-order valence-corrected chi connectivity index (χ2v) is 7.71. The molecule has 0 atom stereocenters. The number of sulfonamides is 1. The lowest BCUT2D eigenvalue weighted by molar-refractivity contribution is -0.121. The van der Waals surface area contributed by atoms with Crippen molar-refractivity contribution in [3.05, 3.63) is 46.7 Å². The van der Waals surface area contributed by atoms with Crippen molar-refractivity contribution in [1.82, 2.24) is 10.3 Å². The molecule has 1 aromatic carbocycles. The van der Waals surface area contributed by atoms with Gasteiger partial charge in [0.15, 0.2) is 0 Å². The van der Waals surface area contributed by atoms with Crippen molar-refractivity contribution in [3.63, 3.8) is 0 Å². The molecule has 0 saturated carbocycles. The van der Waals surface area contributed by atoms with E-state index in [2.05, 4.69) is 10.3 Å². The van der Waals surface area contributed by atoms with Gasteiger partial charge in [-0.3, -0.25) is 10.2 Å². The highest BCUT2D eigenvalue weighted by atomic mass is 32.2. The van der Waals surface area contributed by atoms with Crippen LogP contribution < -0.4 is 15.0 Å². The molecule has 0 aliphatic rings. The van der Waals surface area contributed by atoms with E-state index in [1.54, 1.807) is 23.5 Å². The second-order valence-electron chi connectivity index (χ2n) is 4.99. The number of rotatable bonds is 9. The number of amides is 1. The fourth-order valence-electron chi connectivity index (χ4n) is 2.01. The molecule has 2 rings (SSSR count). The first kappa shape index (κ1) is 18.4. The summed E-state index contributed by atoms with van der Waals surface area (Å²) in [6, 6.07) is 9.97. The second kappa shape index (κ2) is 8.81. The minimum atomic E-state index is -3.79. The minimum Gasteiger partial charge on any atom is -0.494 e. The van der Waals surface area contributed by atoms with Crippen LogP contribution in [-0.4, -0.2) is 20.9 Å². The largest absolute Gasteiger partial charge is 0.494 e. The average Bonchev–Trinajstić information content (AvgIpc) is 3.07. The zero-order valence-electron chi connectivity index (χ0n) is 13.3. The number of hydrogen-bond acceptors (Lipinski definition) is 5. The quantitative estimate of drug-likeness (QED) is 0.666. The van der Waals surface area contributed by atoms with Gasteiger partial charge in [-0.25, -0.2) is 8.42 Å². The van der Waals surface area contributed by atoms with Crippen LogP contribution >= 0.6 is 11.3 Å². The van der Waals surface area contributed by atoms with Crippen molar-refractivity contribution in [2.75, 3.05) is 6.61 Å². The normalized spacial score (nSPS) is 11.2. The van der Waals surface area contributed by atoms with Gasteiger partial charge in [0.05, 0.1) is 11.5 Å². The van der Waals surface area contributed by atoms with Crippen LogP contribution in [0.5, 0.6) is 5.75 Å². The van der Waals surface area contributed by atoms with Crippen molar-refractivity contribution in [3.8, 4) is 5.75 Å². The zero-order valence-corrected chi connectivity index (χ0v) is 15.0. The number of carbonyl (C=O) groups is 1. The Kier molecular flexibility index (Phi) is 6.77. The number of aryl methyl sites for hydroxylation is 1. The lowest BCUT2D eigenvalue weighted by atomic mass is 10.2. The van der Waals surface area contributed by atoms with Crippen molar-refractivity contribution in [2.24, 2.45) is 0 Å². The third-order valence-corrected chi connectivity index (χ3v) is 5.38. The fraction of sp³-hybridized carbons (Fsp3) is 0.312. The van der Waals surface area contributed by atoms with Gasteiger partial charge in [-0.1, -0.05) is 6.07 Å². The maximum Gasteiger partial charge on any atom is 0.257 e. The van der Waals surface area contributed by atoms with Gasteiger partial charge in [-0.2, -0.15) is 0 Å². The van der Waals surface area contributed by atoms with E-state index in [1.807, 2.05) is 24.4 Å². The molecule has 2 aromatic rings. The molecule has 0 aliphatic carbocycles. The van der Waals surface area contributed by atoms with Crippen molar-refractivity contribution in [2.45, 2.75) is 31.1 Å². The van der Waals surface area contributed by atoms with E-state index in [9.17, 15) is 13.2 Å². The van der Waals surface area contributed by atoms with E-state index in [4.69, 9.17) is 4.74 Å². The summed E-state index contributed by atoms with van der Waals surface area (Å²) >= 11 is 1.64. The van der Waals surface area contributed by atoms with Crippen LogP contribution in [0.4, 0.5) is 0 Å². The number of hydrogen-bond donors (Lipinski definition) is 2. The summed E-state index contributed by atoms with van der Waals surface area (Å²) in [7, 11) is -3.79. The van der Waals surface area contributed by atoms with Crippen LogP contribution in [0.25, 0.3) is 0 Å². The molecule has 24 heavy (non-hydrogen) atoms. The third kappa shape index (κ3) is 5.63. The molecule has 0 radical (unpaired) electrons. The Bertz CT molecular complexity index is 741. The molecule has 1 aromatic heterocycles. The monoisotopic (exact) mass is 368 g/mol. The molecule has 0 spiro atoms. The van der Waals surface area contributed by atoms with Gasteiger partial charge in [-0.15, -0.1) is 16.2 Å². The van der Waals surface area contributed by atoms with Gasteiger partial charge < -0.3 is 4.74 Å². The fourth-order valence-corrected chi connectivity index (χ4v) is 3.62. The summed E-state index contributed by atoms with van der Waals surface area (Å²) in [4.78, 5) is 15.1. The van der Waals surface area contributed by atoms with Crippen LogP contribution in [0.2, 0.25) is 0 Å². The SMILES string of the molecule is CCOc1ccc(S(=O)(=O)NNC(=O)CCCc2cccs2)cc1. The molecule has 8 heteroatoms. The van der Waals surface area contributed by atoms with E-state index in [0.717, 1.165) is 6.42 Å². The highest BCUT2D eigenvalue weighted by Crippen LogP contribution is 2.15. The van der Waals surface area contributed by atoms with Gasteiger partial charge in [-0.05, 0) is 55.5 Å². The summed E-state index contributed by atoms with van der Waals surface area (Å²) in [5.41, 5.74) is 2.24. The Morgan fingerprint density at radius 3 is 2.58 bits per heavy atom. The third-order valence-electron chi connectivity index (χ3n) is 3.18. The Morgan fingerprint density at radius 2 is 1.96 bits per heavy atom. The Hall–Kier alpha value is -1.90. The first-order valence-electron chi connectivity index (χ1n) is 7.57. The predicted octanol–water partition coefficient (Wildman–Crippen LogP) is 2.48. The molecule has 0 bridgehead atoms. The summed E-state index contributed by atoms with van der Waals surface area (Å²) in [5, 5.41) is 1.99. The van der Waals surface area contributed by atoms with Crippen molar-refractivity contribution < 1.29 is 17.9 Å². The van der Waals surface area contributed by atoms with E-state index in [-0.39, 0.29) is 17.2 Å². The Morgan fingerprint density at radius 1 is 1.21 bits per heavy atom. The topological polar surface area (TPSA) is 84.5 Å². The summed E-state index contributed by atoms with van der Waals surface area (Å²) < 4.78 is 29.5. The molecule has 0 fully saturated rings. The number of thiophene rings is 1. The zero-order chi connectivity index (χ0) is 17.4. The standard InChI is InChI=1S/C16H20N2O4S2/c1-2-22-13-8-10-15(11-9-13)24(20,21)18-17-16(19)7-3-5-14-6-4-12-23-14/h4,6,8-12,18H,2-3,5,7H2,1H3,(H,17,19). The van der Waals surface area contributed by atoms with Crippen molar-refractivity contribution >= 4 is 27.3 Å². The average molecular weight is 368 g/mol. The Labute approximate surface area is 145 Å². The molecule has 0 saturated heterocycles. The number of hydrazine groups is 1. The number of ether oxygens (including phenoxy) is 1. The van der Waals surface area contributed by atoms with E-state index >= 15 is 0 Å². The van der Waals surface area contributed by atoms with Gasteiger partial charge in [0, 0.05) is 11.3 Å². The maximum absolute atomic E-state index is 12.1. The molecule has 2 N–H and O–H groups in total. The molecule has 6 nitrogen and oxygen atoms in total. The molecule has 1 heterocycles. The molecule has 130 valence electrons. The molecular formula is C16H20N2O4S2. The lowest BCUT2D eigenvalue weighted by Gasteiger charge is -2.09. The highest BCUT2D eigenvalue weighted by Gasteiger charge is 2.15. The van der Waals surface area contributed by atoms with Gasteiger partial charge >= 0.3 is 0 Å². The van der Waals surface area contributed by atoms with Gasteiger partial charge in [0.1, 0.15) is 5.75 Å². The number of benzene rings is 1. The molecular weight excluding hydrogens is 348 g/mol. The predicted molar refractivity (Wildman–Crippen MR) is 93.3 cm³/mol. The molecule has 0 unspecified atom stereocenters. The number of nitrogens with one attached hydrogen (secondary N) is 2. The minimum absolute atomic E-state index is 0.0600. The number of carbonyl (C=O) groups excluding carboxylic acids is 1. The highest BCUT2D eigenvalue weighted by molar-refractivity contribution is 7.89. The summed E-state index contributed by atoms with van der Waals surface area (Å²) in [6.45, 7) is 2.35. The van der Waals surface area contributed by atoms with Crippen LogP contribution in [-0.2, 0) is 21.2 Å². The van der Waals surface area contributed by atoms with E-state index in [1.165, 1.54) is 17.0 Å². The van der Waals surface area contributed by atoms with E-state index < -0.39 is 10.0 Å². The lowest BCUT2D eigenvalue weighted by Crippen LogP contribution is -2.41. The summed E-state index contributed by atoms with van der Waals surface area (Å²) in [6.07, 6.45) is 1.72. The van der Waals surface area contributed by atoms with Crippen molar-refractivity contribution in [1.29, 1.82) is 0 Å². The first-order chi connectivity index (χ1) is 11.5. The smallest absolute Gasteiger partial charge is 0.257 e. The van der Waals surface area contributed by atoms with Crippen LogP contribution in [0, 0.1) is 0 Å². The van der Waals surface area contributed by atoms with Crippen LogP contribution in [0.1, 0.15) is 24.6 Å². The Balaban J connectivity index is 1.79. The maximum atomic E-state index is 12.1. The summed E-state index contributed by atoms with van der Waals surface area (Å²) in [5.74, 6) is 0.232. The molecule has 1 amide bonds. The van der Waals surface area contributed by atoms with Gasteiger partial charge in [0.25, 0.3) is 10.0 Å². The van der Waals surface area contributed by atoms with Crippen LogP contribution in [0.3, 0.4) is 0 Å². The van der Waals surface area contributed by atoms with Gasteiger partial charge in [0.2, 0.25) is 5.91 Å². The van der Waals surface area contributed by atoms with Crippen LogP contribution in [0.15, 0.2) is 46.7 Å². The molecule has 0 aliphatic heterocycles.